The lowest BCUT2D eigenvalue weighted by atomic mass is 9.79. The second kappa shape index (κ2) is 5.26. The van der Waals surface area contributed by atoms with Gasteiger partial charge in [0.05, 0.1) is 0 Å². The first kappa shape index (κ1) is 15.7. The average molecular weight is 320 g/mol. The van der Waals surface area contributed by atoms with Crippen molar-refractivity contribution in [3.8, 4) is 0 Å². The van der Waals surface area contributed by atoms with Gasteiger partial charge in [-0.1, -0.05) is 0 Å². The molecule has 20 heavy (non-hydrogen) atoms. The van der Waals surface area contributed by atoms with Gasteiger partial charge in [0.2, 0.25) is 16.5 Å². The lowest BCUT2D eigenvalue weighted by molar-refractivity contribution is -0.243. The summed E-state index contributed by atoms with van der Waals surface area (Å²) in [5.74, 6) is 0.359. The van der Waals surface area contributed by atoms with Crippen LogP contribution in [0.5, 0.6) is 0 Å². The van der Waals surface area contributed by atoms with Crippen LogP contribution in [-0.4, -0.2) is 42.3 Å². The van der Waals surface area contributed by atoms with Gasteiger partial charge in [-0.2, -0.15) is 20.0 Å². The van der Waals surface area contributed by atoms with E-state index in [1.807, 2.05) is 27.7 Å². The maximum atomic E-state index is 10.3. The second-order valence-corrected chi connectivity index (χ2v) is 7.06. The molecule has 0 radical (unpaired) electrons. The number of anilines is 1. The number of aromatic nitrogens is 3. The van der Waals surface area contributed by atoms with Crippen molar-refractivity contribution in [1.29, 1.82) is 0 Å². The van der Waals surface area contributed by atoms with E-state index in [1.54, 1.807) is 0 Å². The zero-order valence-corrected chi connectivity index (χ0v) is 13.5. The molecule has 0 saturated carbocycles. The van der Waals surface area contributed by atoms with E-state index in [4.69, 9.17) is 23.2 Å². The van der Waals surface area contributed by atoms with E-state index in [9.17, 15) is 5.21 Å². The molecule has 1 saturated heterocycles. The number of hydrogen-bond acceptors (Lipinski definition) is 6. The molecule has 0 atom stereocenters. The van der Waals surface area contributed by atoms with Gasteiger partial charge in [0.15, 0.2) is 0 Å². The summed E-state index contributed by atoms with van der Waals surface area (Å²) in [6.07, 6.45) is 1.49. The van der Waals surface area contributed by atoms with Crippen LogP contribution in [0.3, 0.4) is 0 Å². The minimum atomic E-state index is -0.347. The van der Waals surface area contributed by atoms with Gasteiger partial charge in [0.1, 0.15) is 0 Å². The fourth-order valence-electron chi connectivity index (χ4n) is 2.95. The highest BCUT2D eigenvalue weighted by Crippen LogP contribution is 2.37. The highest BCUT2D eigenvalue weighted by Gasteiger charge is 2.45. The first-order valence-electron chi connectivity index (χ1n) is 6.43. The Kier molecular flexibility index (Phi) is 4.12. The molecule has 2 heterocycles. The third kappa shape index (κ3) is 3.31. The molecule has 1 aliphatic heterocycles. The Labute approximate surface area is 128 Å². The molecule has 0 spiro atoms. The van der Waals surface area contributed by atoms with E-state index in [0.29, 0.717) is 5.95 Å². The summed E-state index contributed by atoms with van der Waals surface area (Å²) in [5.41, 5.74) is -0.694. The molecular formula is C12H19Cl2N5O. The molecule has 1 aromatic rings. The number of halogens is 2. The van der Waals surface area contributed by atoms with Crippen molar-refractivity contribution in [2.45, 2.75) is 57.7 Å². The molecule has 6 nitrogen and oxygen atoms in total. The maximum absolute atomic E-state index is 10.3. The van der Waals surface area contributed by atoms with E-state index in [-0.39, 0.29) is 27.7 Å². The fraction of sp³-hybridized carbons (Fsp3) is 0.750. The number of rotatable bonds is 2. The average Bonchev–Trinajstić information content (AvgIpc) is 2.23. The molecule has 2 N–H and O–H groups in total. The highest BCUT2D eigenvalue weighted by molar-refractivity contribution is 6.31. The second-order valence-electron chi connectivity index (χ2n) is 6.38. The largest absolute Gasteiger partial charge is 0.351 e. The lowest BCUT2D eigenvalue weighted by Crippen LogP contribution is -2.61. The van der Waals surface area contributed by atoms with Crippen LogP contribution in [0.4, 0.5) is 5.95 Å². The minimum Gasteiger partial charge on any atom is -0.351 e. The van der Waals surface area contributed by atoms with E-state index < -0.39 is 0 Å². The predicted octanol–water partition coefficient (Wildman–Crippen LogP) is 3.00. The molecule has 8 heteroatoms. The van der Waals surface area contributed by atoms with Crippen molar-refractivity contribution in [1.82, 2.24) is 20.0 Å². The maximum Gasteiger partial charge on any atom is 0.228 e. The molecule has 1 fully saturated rings. The number of piperidine rings is 1. The van der Waals surface area contributed by atoms with Gasteiger partial charge in [-0.15, -0.1) is 0 Å². The van der Waals surface area contributed by atoms with Crippen molar-refractivity contribution < 1.29 is 5.21 Å². The monoisotopic (exact) mass is 319 g/mol. The Balaban J connectivity index is 2.18. The summed E-state index contributed by atoms with van der Waals surface area (Å²) < 4.78 is 0. The van der Waals surface area contributed by atoms with E-state index in [2.05, 4.69) is 20.3 Å². The van der Waals surface area contributed by atoms with Crippen LogP contribution in [0, 0.1) is 0 Å². The summed E-state index contributed by atoms with van der Waals surface area (Å²) in [5, 5.41) is 15.0. The van der Waals surface area contributed by atoms with Crippen LogP contribution < -0.4 is 5.32 Å². The summed E-state index contributed by atoms with van der Waals surface area (Å²) in [6, 6.07) is 0.109. The van der Waals surface area contributed by atoms with Crippen molar-refractivity contribution >= 4 is 29.2 Å². The number of nitrogens with one attached hydrogen (secondary N) is 1. The van der Waals surface area contributed by atoms with E-state index >= 15 is 0 Å². The van der Waals surface area contributed by atoms with Gasteiger partial charge in [-0.3, -0.25) is 0 Å². The van der Waals surface area contributed by atoms with Gasteiger partial charge in [0.25, 0.3) is 0 Å². The Bertz CT molecular complexity index is 470. The molecule has 1 aliphatic rings. The minimum absolute atomic E-state index is 0.0608. The van der Waals surface area contributed by atoms with Crippen LogP contribution in [0.25, 0.3) is 0 Å². The van der Waals surface area contributed by atoms with E-state index in [0.717, 1.165) is 12.8 Å². The Morgan fingerprint density at radius 3 is 1.95 bits per heavy atom. The number of hydrogen-bond donors (Lipinski definition) is 2. The highest BCUT2D eigenvalue weighted by atomic mass is 35.5. The molecular weight excluding hydrogens is 301 g/mol. The van der Waals surface area contributed by atoms with Crippen LogP contribution in [0.1, 0.15) is 40.5 Å². The van der Waals surface area contributed by atoms with E-state index in [1.165, 1.54) is 5.06 Å². The van der Waals surface area contributed by atoms with Gasteiger partial charge >= 0.3 is 0 Å². The Morgan fingerprint density at radius 1 is 1.05 bits per heavy atom. The SMILES string of the molecule is CC1(C)CC(Nc2nc(Cl)nc(Cl)n2)CC(C)(C)N1O. The summed E-state index contributed by atoms with van der Waals surface area (Å²) in [6.45, 7) is 7.98. The van der Waals surface area contributed by atoms with Gasteiger partial charge in [-0.25, -0.2) is 0 Å². The fourth-order valence-corrected chi connectivity index (χ4v) is 3.31. The van der Waals surface area contributed by atoms with Crippen LogP contribution in [-0.2, 0) is 0 Å². The number of nitrogens with zero attached hydrogens (tertiary/aromatic N) is 4. The Morgan fingerprint density at radius 2 is 1.50 bits per heavy atom. The molecule has 2 rings (SSSR count). The standard InChI is InChI=1S/C12H19Cl2N5O/c1-11(2)5-7(6-12(3,4)19(11)20)15-10-17-8(13)16-9(14)18-10/h7,20H,5-6H2,1-4H3,(H,15,16,17,18). The van der Waals surface area contributed by atoms with Crippen molar-refractivity contribution in [2.75, 3.05) is 5.32 Å². The molecule has 0 bridgehead atoms. The zero-order chi connectivity index (χ0) is 15.1. The molecule has 0 aliphatic carbocycles. The predicted molar refractivity (Wildman–Crippen MR) is 78.3 cm³/mol. The van der Waals surface area contributed by atoms with Crippen molar-refractivity contribution in [2.24, 2.45) is 0 Å². The summed E-state index contributed by atoms with van der Waals surface area (Å²) >= 11 is 11.5. The lowest BCUT2D eigenvalue weighted by Gasteiger charge is -2.51. The van der Waals surface area contributed by atoms with Crippen molar-refractivity contribution in [3.05, 3.63) is 10.6 Å². The van der Waals surface area contributed by atoms with Crippen molar-refractivity contribution in [3.63, 3.8) is 0 Å². The zero-order valence-electron chi connectivity index (χ0n) is 12.0. The van der Waals surface area contributed by atoms with Gasteiger partial charge in [-0.05, 0) is 63.7 Å². The van der Waals surface area contributed by atoms with Crippen LogP contribution in [0.15, 0.2) is 0 Å². The van der Waals surface area contributed by atoms with Gasteiger partial charge < -0.3 is 10.5 Å². The third-order valence-corrected chi connectivity index (χ3v) is 3.89. The smallest absolute Gasteiger partial charge is 0.228 e. The third-order valence-electron chi connectivity index (χ3n) is 3.55. The molecule has 0 unspecified atom stereocenters. The molecule has 1 aromatic heterocycles. The van der Waals surface area contributed by atoms with Crippen LogP contribution >= 0.6 is 23.2 Å². The normalized spacial score (nSPS) is 22.8. The molecule has 0 aromatic carbocycles. The molecule has 0 amide bonds. The van der Waals surface area contributed by atoms with Gasteiger partial charge in [0, 0.05) is 17.1 Å². The Hall–Kier alpha value is -0.690. The molecule has 112 valence electrons. The quantitative estimate of drug-likeness (QED) is 0.872. The topological polar surface area (TPSA) is 74.2 Å². The first-order chi connectivity index (χ1) is 9.10. The summed E-state index contributed by atoms with van der Waals surface area (Å²) in [7, 11) is 0. The summed E-state index contributed by atoms with van der Waals surface area (Å²) in [4.78, 5) is 11.7. The van der Waals surface area contributed by atoms with Crippen LogP contribution in [0.2, 0.25) is 10.6 Å². The number of hydroxylamine groups is 2. The first-order valence-corrected chi connectivity index (χ1v) is 7.19.